The molecule has 0 bridgehead atoms. The lowest BCUT2D eigenvalue weighted by molar-refractivity contribution is -0.116. The summed E-state index contributed by atoms with van der Waals surface area (Å²) in [6, 6.07) is 0.278. The number of Topliss-reactive ketones (excluding diaryl/α,β-unsaturated/α-hetero) is 1. The highest BCUT2D eigenvalue weighted by atomic mass is 32.1. The van der Waals surface area contributed by atoms with Crippen molar-refractivity contribution >= 4 is 28.2 Å². The number of nitrogens with zero attached hydrogens (tertiary/aromatic N) is 1. The van der Waals surface area contributed by atoms with E-state index in [0.717, 1.165) is 36.4 Å². The molecule has 1 saturated heterocycles. The van der Waals surface area contributed by atoms with E-state index in [4.69, 9.17) is 0 Å². The Hall–Kier alpha value is -1.27. The van der Waals surface area contributed by atoms with Gasteiger partial charge < -0.3 is 10.6 Å². The van der Waals surface area contributed by atoms with Crippen molar-refractivity contribution < 1.29 is 9.59 Å². The van der Waals surface area contributed by atoms with Crippen LogP contribution in [0.5, 0.6) is 0 Å². The van der Waals surface area contributed by atoms with Gasteiger partial charge in [-0.3, -0.25) is 9.59 Å². The number of hydrogen-bond acceptors (Lipinski definition) is 5. The summed E-state index contributed by atoms with van der Waals surface area (Å²) in [4.78, 5) is 29.3. The summed E-state index contributed by atoms with van der Waals surface area (Å²) in [5, 5.41) is 6.72. The van der Waals surface area contributed by atoms with Crippen LogP contribution in [0.15, 0.2) is 0 Å². The molecule has 0 aromatic carbocycles. The third-order valence-corrected chi connectivity index (χ3v) is 5.13. The van der Waals surface area contributed by atoms with Gasteiger partial charge in [0, 0.05) is 18.9 Å². The zero-order valence-electron chi connectivity index (χ0n) is 12.5. The molecule has 1 aromatic rings. The molecule has 1 unspecified atom stereocenters. The fourth-order valence-electron chi connectivity index (χ4n) is 3.10. The summed E-state index contributed by atoms with van der Waals surface area (Å²) in [7, 11) is 0. The first-order valence-corrected chi connectivity index (χ1v) is 8.31. The number of thiazole rings is 1. The van der Waals surface area contributed by atoms with Gasteiger partial charge in [-0.05, 0) is 31.2 Å². The molecule has 1 aromatic heterocycles. The first-order valence-electron chi connectivity index (χ1n) is 7.49. The van der Waals surface area contributed by atoms with E-state index < -0.39 is 0 Å². The average Bonchev–Trinajstić information content (AvgIpc) is 2.97. The summed E-state index contributed by atoms with van der Waals surface area (Å²) >= 11 is 1.32. The fourth-order valence-corrected chi connectivity index (χ4v) is 4.03. The topological polar surface area (TPSA) is 71.1 Å². The Morgan fingerprint density at radius 1 is 1.48 bits per heavy atom. The highest BCUT2D eigenvalue weighted by Gasteiger charge is 2.34. The van der Waals surface area contributed by atoms with Crippen molar-refractivity contribution in [1.82, 2.24) is 10.3 Å². The van der Waals surface area contributed by atoms with E-state index in [1.54, 1.807) is 0 Å². The normalized spacial score (nSPS) is 23.9. The lowest BCUT2D eigenvalue weighted by Crippen LogP contribution is -2.27. The Bertz CT molecular complexity index is 573. The first kappa shape index (κ1) is 14.7. The monoisotopic (exact) mass is 307 g/mol. The first-order chi connectivity index (χ1) is 9.93. The predicted molar refractivity (Wildman–Crippen MR) is 82.8 cm³/mol. The molecule has 1 aliphatic carbocycles. The number of anilines is 1. The standard InChI is InChI=1S/C15H21N3O2S/c1-15(2)7-10-13(11(19)8-15)21-14(17-10)18-12(20)6-9-4-3-5-16-9/h9,16H,3-8H2,1-2H3,(H,17,18,20). The van der Waals surface area contributed by atoms with E-state index in [1.165, 1.54) is 11.3 Å². The van der Waals surface area contributed by atoms with Crippen LogP contribution in [0.4, 0.5) is 5.13 Å². The Morgan fingerprint density at radius 3 is 3.00 bits per heavy atom. The minimum Gasteiger partial charge on any atom is -0.313 e. The number of aromatic nitrogens is 1. The molecule has 0 saturated carbocycles. The molecular formula is C15H21N3O2S. The second kappa shape index (κ2) is 5.50. The van der Waals surface area contributed by atoms with Crippen LogP contribution < -0.4 is 10.6 Å². The second-order valence-corrected chi connectivity index (χ2v) is 7.78. The van der Waals surface area contributed by atoms with E-state index in [1.807, 2.05) is 0 Å². The molecule has 2 aliphatic rings. The molecule has 6 heteroatoms. The molecular weight excluding hydrogens is 286 g/mol. The quantitative estimate of drug-likeness (QED) is 0.899. The number of ketones is 1. The van der Waals surface area contributed by atoms with Gasteiger partial charge in [-0.25, -0.2) is 4.98 Å². The minimum absolute atomic E-state index is 0.0211. The third kappa shape index (κ3) is 3.32. The molecule has 114 valence electrons. The van der Waals surface area contributed by atoms with Crippen molar-refractivity contribution in [2.24, 2.45) is 5.41 Å². The van der Waals surface area contributed by atoms with Gasteiger partial charge >= 0.3 is 0 Å². The van der Waals surface area contributed by atoms with Crippen LogP contribution in [-0.4, -0.2) is 29.3 Å². The van der Waals surface area contributed by atoms with Crippen LogP contribution in [0.3, 0.4) is 0 Å². The van der Waals surface area contributed by atoms with Crippen molar-refractivity contribution in [3.05, 3.63) is 10.6 Å². The molecule has 0 radical (unpaired) electrons. The molecule has 1 atom stereocenters. The number of rotatable bonds is 3. The molecule has 3 rings (SSSR count). The molecule has 21 heavy (non-hydrogen) atoms. The molecule has 0 spiro atoms. The smallest absolute Gasteiger partial charge is 0.227 e. The molecule has 2 N–H and O–H groups in total. The number of carbonyl (C=O) groups excluding carboxylic acids is 2. The van der Waals surface area contributed by atoms with Crippen molar-refractivity contribution in [2.45, 2.75) is 52.0 Å². The summed E-state index contributed by atoms with van der Waals surface area (Å²) < 4.78 is 0. The predicted octanol–water partition coefficient (Wildman–Crippen LogP) is 2.38. The van der Waals surface area contributed by atoms with Gasteiger partial charge in [0.05, 0.1) is 10.6 Å². The van der Waals surface area contributed by atoms with Gasteiger partial charge in [-0.15, -0.1) is 0 Å². The van der Waals surface area contributed by atoms with Gasteiger partial charge in [-0.2, -0.15) is 0 Å². The zero-order chi connectivity index (χ0) is 15.0. The van der Waals surface area contributed by atoms with Crippen LogP contribution in [0, 0.1) is 5.41 Å². The van der Waals surface area contributed by atoms with Crippen molar-refractivity contribution in [3.63, 3.8) is 0 Å². The molecule has 1 aliphatic heterocycles. The van der Waals surface area contributed by atoms with E-state index in [2.05, 4.69) is 29.5 Å². The maximum atomic E-state index is 12.1. The molecule has 1 amide bonds. The summed E-state index contributed by atoms with van der Waals surface area (Å²) in [6.07, 6.45) is 4.01. The molecule has 5 nitrogen and oxygen atoms in total. The SMILES string of the molecule is CC1(C)CC(=O)c2sc(NC(=O)CC3CCCN3)nc2C1. The Kier molecular flexibility index (Phi) is 3.84. The number of hydrogen-bond donors (Lipinski definition) is 2. The fraction of sp³-hybridized carbons (Fsp3) is 0.667. The van der Waals surface area contributed by atoms with Crippen LogP contribution in [-0.2, 0) is 11.2 Å². The van der Waals surface area contributed by atoms with Crippen molar-refractivity contribution in [3.8, 4) is 0 Å². The number of nitrogens with one attached hydrogen (secondary N) is 2. The van der Waals surface area contributed by atoms with E-state index in [0.29, 0.717) is 18.0 Å². The van der Waals surface area contributed by atoms with Gasteiger partial charge in [-0.1, -0.05) is 25.2 Å². The van der Waals surface area contributed by atoms with Crippen LogP contribution in [0.1, 0.15) is 54.9 Å². The van der Waals surface area contributed by atoms with E-state index in [9.17, 15) is 9.59 Å². The number of amides is 1. The lowest BCUT2D eigenvalue weighted by atomic mass is 9.78. The second-order valence-electron chi connectivity index (χ2n) is 6.78. The Morgan fingerprint density at radius 2 is 2.29 bits per heavy atom. The average molecular weight is 307 g/mol. The lowest BCUT2D eigenvalue weighted by Gasteiger charge is -2.26. The van der Waals surface area contributed by atoms with Crippen molar-refractivity contribution in [1.29, 1.82) is 0 Å². The Labute approximate surface area is 128 Å². The highest BCUT2D eigenvalue weighted by molar-refractivity contribution is 7.17. The van der Waals surface area contributed by atoms with Gasteiger partial charge in [0.1, 0.15) is 0 Å². The van der Waals surface area contributed by atoms with E-state index in [-0.39, 0.29) is 23.1 Å². The van der Waals surface area contributed by atoms with Gasteiger partial charge in [0.15, 0.2) is 10.9 Å². The van der Waals surface area contributed by atoms with Gasteiger partial charge in [0.2, 0.25) is 5.91 Å². The van der Waals surface area contributed by atoms with Gasteiger partial charge in [0.25, 0.3) is 0 Å². The Balaban J connectivity index is 1.67. The summed E-state index contributed by atoms with van der Waals surface area (Å²) in [5.41, 5.74) is 0.809. The maximum absolute atomic E-state index is 12.1. The highest BCUT2D eigenvalue weighted by Crippen LogP contribution is 2.38. The number of carbonyl (C=O) groups is 2. The third-order valence-electron chi connectivity index (χ3n) is 4.08. The largest absolute Gasteiger partial charge is 0.313 e. The van der Waals surface area contributed by atoms with Crippen molar-refractivity contribution in [2.75, 3.05) is 11.9 Å². The zero-order valence-corrected chi connectivity index (χ0v) is 13.3. The summed E-state index contributed by atoms with van der Waals surface area (Å²) in [5.74, 6) is 0.129. The summed E-state index contributed by atoms with van der Waals surface area (Å²) in [6.45, 7) is 5.15. The molecule has 2 heterocycles. The van der Waals surface area contributed by atoms with Crippen LogP contribution in [0.2, 0.25) is 0 Å². The van der Waals surface area contributed by atoms with Crippen LogP contribution >= 0.6 is 11.3 Å². The molecule has 1 fully saturated rings. The van der Waals surface area contributed by atoms with E-state index >= 15 is 0 Å². The minimum atomic E-state index is -0.0345. The maximum Gasteiger partial charge on any atom is 0.227 e. The number of fused-ring (bicyclic) bond motifs is 1. The van der Waals surface area contributed by atoms with Crippen LogP contribution in [0.25, 0.3) is 0 Å².